The maximum atomic E-state index is 11.4. The zero-order valence-corrected chi connectivity index (χ0v) is 9.69. The fourth-order valence-corrected chi connectivity index (χ4v) is 2.14. The van der Waals surface area contributed by atoms with Crippen LogP contribution in [0, 0.1) is 13.8 Å². The van der Waals surface area contributed by atoms with E-state index in [1.165, 1.54) is 5.56 Å². The maximum Gasteiger partial charge on any atom is 0.154 e. The van der Waals surface area contributed by atoms with E-state index in [0.717, 1.165) is 11.1 Å². The van der Waals surface area contributed by atoms with Crippen molar-refractivity contribution >= 4 is 9.84 Å². The average Bonchev–Trinajstić information content (AvgIpc) is 2.11. The lowest BCUT2D eigenvalue weighted by Gasteiger charge is -2.05. The van der Waals surface area contributed by atoms with E-state index < -0.39 is 9.84 Å². The van der Waals surface area contributed by atoms with Gasteiger partial charge in [-0.2, -0.15) is 0 Å². The molecule has 3 heteroatoms. The molecule has 0 radical (unpaired) electrons. The molecule has 0 N–H and O–H groups in total. The van der Waals surface area contributed by atoms with Crippen molar-refractivity contribution in [1.29, 1.82) is 0 Å². The first-order chi connectivity index (χ1) is 6.44. The third-order valence-corrected chi connectivity index (χ3v) is 4.05. The molecule has 0 aliphatic carbocycles. The van der Waals surface area contributed by atoms with Gasteiger partial charge in [0.25, 0.3) is 0 Å². The standard InChI is InChI=1S/C11H16O2S/c1-4-14(12,13)8-11-6-5-9(2)10(3)7-11/h5-7H,4,8H2,1-3H3. The number of hydrogen-bond donors (Lipinski definition) is 0. The van der Waals surface area contributed by atoms with Crippen molar-refractivity contribution in [3.8, 4) is 0 Å². The zero-order chi connectivity index (χ0) is 10.8. The van der Waals surface area contributed by atoms with Crippen LogP contribution in [0.15, 0.2) is 18.2 Å². The van der Waals surface area contributed by atoms with E-state index in [9.17, 15) is 8.42 Å². The SMILES string of the molecule is CCS(=O)(=O)Cc1ccc(C)c(C)c1. The second-order valence-corrected chi connectivity index (χ2v) is 5.95. The molecule has 1 aromatic carbocycles. The number of sulfone groups is 1. The minimum Gasteiger partial charge on any atom is -0.229 e. The van der Waals surface area contributed by atoms with E-state index in [0.29, 0.717) is 0 Å². The van der Waals surface area contributed by atoms with Gasteiger partial charge in [-0.1, -0.05) is 25.1 Å². The Bertz CT molecular complexity index is 419. The van der Waals surface area contributed by atoms with Crippen molar-refractivity contribution < 1.29 is 8.42 Å². The largest absolute Gasteiger partial charge is 0.229 e. The van der Waals surface area contributed by atoms with Gasteiger partial charge in [-0.05, 0) is 30.5 Å². The Kier molecular flexibility index (Phi) is 3.32. The third kappa shape index (κ3) is 2.84. The summed E-state index contributed by atoms with van der Waals surface area (Å²) < 4.78 is 22.7. The minimum absolute atomic E-state index is 0.157. The lowest BCUT2D eigenvalue weighted by atomic mass is 10.1. The Morgan fingerprint density at radius 2 is 1.79 bits per heavy atom. The second-order valence-electron chi connectivity index (χ2n) is 3.60. The maximum absolute atomic E-state index is 11.4. The molecule has 0 bridgehead atoms. The van der Waals surface area contributed by atoms with Crippen LogP contribution in [0.25, 0.3) is 0 Å². The summed E-state index contributed by atoms with van der Waals surface area (Å²) in [4.78, 5) is 0. The predicted molar refractivity (Wildman–Crippen MR) is 59.1 cm³/mol. The Balaban J connectivity index is 2.94. The highest BCUT2D eigenvalue weighted by molar-refractivity contribution is 7.90. The molecule has 0 amide bonds. The molecule has 0 aliphatic rings. The van der Waals surface area contributed by atoms with E-state index in [-0.39, 0.29) is 11.5 Å². The number of rotatable bonds is 3. The van der Waals surface area contributed by atoms with Gasteiger partial charge in [-0.15, -0.1) is 0 Å². The Morgan fingerprint density at radius 1 is 1.14 bits per heavy atom. The summed E-state index contributed by atoms with van der Waals surface area (Å²) in [5.74, 6) is 0.366. The quantitative estimate of drug-likeness (QED) is 0.770. The van der Waals surface area contributed by atoms with E-state index >= 15 is 0 Å². The molecule has 0 heterocycles. The van der Waals surface area contributed by atoms with Crippen molar-refractivity contribution in [2.45, 2.75) is 26.5 Å². The third-order valence-electron chi connectivity index (χ3n) is 2.40. The van der Waals surface area contributed by atoms with Crippen molar-refractivity contribution in [3.63, 3.8) is 0 Å². The molecule has 0 aromatic heterocycles. The first-order valence-electron chi connectivity index (χ1n) is 4.71. The average molecular weight is 212 g/mol. The van der Waals surface area contributed by atoms with Crippen LogP contribution in [-0.2, 0) is 15.6 Å². The second kappa shape index (κ2) is 4.13. The van der Waals surface area contributed by atoms with E-state index in [2.05, 4.69) is 0 Å². The summed E-state index contributed by atoms with van der Waals surface area (Å²) >= 11 is 0. The molecular formula is C11H16O2S. The van der Waals surface area contributed by atoms with Gasteiger partial charge in [0.05, 0.1) is 5.75 Å². The Morgan fingerprint density at radius 3 is 2.29 bits per heavy atom. The molecule has 78 valence electrons. The summed E-state index contributed by atoms with van der Waals surface area (Å²) in [5.41, 5.74) is 3.23. The first kappa shape index (κ1) is 11.2. The number of aryl methyl sites for hydroxylation is 2. The van der Waals surface area contributed by atoms with Crippen LogP contribution >= 0.6 is 0 Å². The van der Waals surface area contributed by atoms with Crippen LogP contribution in [-0.4, -0.2) is 14.2 Å². The minimum atomic E-state index is -2.90. The van der Waals surface area contributed by atoms with Crippen molar-refractivity contribution in [2.75, 3.05) is 5.75 Å². The molecule has 0 spiro atoms. The van der Waals surface area contributed by atoms with Crippen LogP contribution in [0.4, 0.5) is 0 Å². The fourth-order valence-electron chi connectivity index (χ4n) is 1.25. The molecule has 0 unspecified atom stereocenters. The van der Waals surface area contributed by atoms with Gasteiger partial charge in [0.2, 0.25) is 0 Å². The Hall–Kier alpha value is -0.830. The predicted octanol–water partition coefficient (Wildman–Crippen LogP) is 2.24. The molecule has 14 heavy (non-hydrogen) atoms. The summed E-state index contributed by atoms with van der Waals surface area (Å²) in [7, 11) is -2.90. The summed E-state index contributed by atoms with van der Waals surface area (Å²) in [6.07, 6.45) is 0. The van der Waals surface area contributed by atoms with Gasteiger partial charge >= 0.3 is 0 Å². The zero-order valence-electron chi connectivity index (χ0n) is 8.87. The van der Waals surface area contributed by atoms with Crippen molar-refractivity contribution in [2.24, 2.45) is 0 Å². The van der Waals surface area contributed by atoms with Crippen LogP contribution in [0.2, 0.25) is 0 Å². The smallest absolute Gasteiger partial charge is 0.154 e. The van der Waals surface area contributed by atoms with E-state index in [1.807, 2.05) is 32.0 Å². The molecule has 0 saturated carbocycles. The van der Waals surface area contributed by atoms with Gasteiger partial charge in [0.1, 0.15) is 0 Å². The summed E-state index contributed by atoms with van der Waals surface area (Å²) in [5, 5.41) is 0. The number of hydrogen-bond acceptors (Lipinski definition) is 2. The topological polar surface area (TPSA) is 34.1 Å². The highest BCUT2D eigenvalue weighted by Gasteiger charge is 2.08. The molecule has 0 fully saturated rings. The summed E-state index contributed by atoms with van der Waals surface area (Å²) in [6.45, 7) is 5.70. The summed E-state index contributed by atoms with van der Waals surface area (Å²) in [6, 6.07) is 5.80. The van der Waals surface area contributed by atoms with Crippen LogP contribution in [0.1, 0.15) is 23.6 Å². The van der Waals surface area contributed by atoms with E-state index in [4.69, 9.17) is 0 Å². The molecule has 0 atom stereocenters. The monoisotopic (exact) mass is 212 g/mol. The van der Waals surface area contributed by atoms with Crippen molar-refractivity contribution in [3.05, 3.63) is 34.9 Å². The normalized spacial score (nSPS) is 11.6. The van der Waals surface area contributed by atoms with Crippen molar-refractivity contribution in [1.82, 2.24) is 0 Å². The van der Waals surface area contributed by atoms with Gasteiger partial charge in [0.15, 0.2) is 9.84 Å². The highest BCUT2D eigenvalue weighted by atomic mass is 32.2. The van der Waals surface area contributed by atoms with Crippen LogP contribution in [0.5, 0.6) is 0 Å². The first-order valence-corrected chi connectivity index (χ1v) is 6.53. The van der Waals surface area contributed by atoms with Gasteiger partial charge in [-0.3, -0.25) is 0 Å². The highest BCUT2D eigenvalue weighted by Crippen LogP contribution is 2.12. The molecule has 1 rings (SSSR count). The number of benzene rings is 1. The fraction of sp³-hybridized carbons (Fsp3) is 0.455. The molecule has 0 saturated heterocycles. The van der Waals surface area contributed by atoms with Crippen LogP contribution < -0.4 is 0 Å². The van der Waals surface area contributed by atoms with E-state index in [1.54, 1.807) is 6.92 Å². The Labute approximate surface area is 85.9 Å². The molecule has 2 nitrogen and oxygen atoms in total. The molecule has 0 aliphatic heterocycles. The lowest BCUT2D eigenvalue weighted by Crippen LogP contribution is -2.06. The van der Waals surface area contributed by atoms with Crippen LogP contribution in [0.3, 0.4) is 0 Å². The van der Waals surface area contributed by atoms with Gasteiger partial charge in [-0.25, -0.2) is 8.42 Å². The van der Waals surface area contributed by atoms with Gasteiger partial charge in [0, 0.05) is 5.75 Å². The molecule has 1 aromatic rings. The lowest BCUT2D eigenvalue weighted by molar-refractivity contribution is 0.596. The van der Waals surface area contributed by atoms with Gasteiger partial charge < -0.3 is 0 Å². The molecular weight excluding hydrogens is 196 g/mol.